The number of fused-ring (bicyclic) bond motifs is 1. The van der Waals surface area contributed by atoms with Crippen LogP contribution >= 0.6 is 0 Å². The molecular formula is C12H17NO. The smallest absolute Gasteiger partial charge is 0.122 e. The van der Waals surface area contributed by atoms with Gasteiger partial charge in [0.2, 0.25) is 0 Å². The van der Waals surface area contributed by atoms with E-state index in [1.165, 1.54) is 17.5 Å². The van der Waals surface area contributed by atoms with Crippen LogP contribution in [0.5, 0.6) is 5.75 Å². The molecule has 14 heavy (non-hydrogen) atoms. The molecule has 1 atom stereocenters. The number of benzene rings is 1. The molecule has 0 bridgehead atoms. The van der Waals surface area contributed by atoms with Gasteiger partial charge in [0.15, 0.2) is 0 Å². The van der Waals surface area contributed by atoms with Gasteiger partial charge >= 0.3 is 0 Å². The maximum atomic E-state index is 5.38. The fraction of sp³-hybridized carbons (Fsp3) is 0.500. The first-order valence-corrected chi connectivity index (χ1v) is 5.19. The van der Waals surface area contributed by atoms with Crippen molar-refractivity contribution in [1.29, 1.82) is 0 Å². The predicted octanol–water partition coefficient (Wildman–Crippen LogP) is 2.12. The molecule has 2 heteroatoms. The molecule has 0 aliphatic carbocycles. The number of rotatable bonds is 1. The van der Waals surface area contributed by atoms with Gasteiger partial charge in [0.1, 0.15) is 5.75 Å². The zero-order chi connectivity index (χ0) is 9.97. The highest BCUT2D eigenvalue weighted by Gasteiger charge is 2.14. The number of nitrogens with one attached hydrogen (secondary N) is 1. The lowest BCUT2D eigenvalue weighted by molar-refractivity contribution is 0.408. The third-order valence-electron chi connectivity index (χ3n) is 2.92. The van der Waals surface area contributed by atoms with Crippen LogP contribution in [-0.2, 0) is 13.0 Å². The van der Waals surface area contributed by atoms with Crippen LogP contribution in [0.2, 0.25) is 0 Å². The van der Waals surface area contributed by atoms with Crippen molar-refractivity contribution in [3.05, 3.63) is 29.3 Å². The third-order valence-corrected chi connectivity index (χ3v) is 2.92. The van der Waals surface area contributed by atoms with E-state index in [0.29, 0.717) is 6.04 Å². The predicted molar refractivity (Wildman–Crippen MR) is 57.6 cm³/mol. The van der Waals surface area contributed by atoms with Crippen molar-refractivity contribution in [1.82, 2.24) is 5.32 Å². The standard InChI is InChI=1S/C12H17NO/c1-9-6-7-11-10(8-13-9)4-3-5-12(11)14-2/h3-5,9,13H,6-8H2,1-2H3. The summed E-state index contributed by atoms with van der Waals surface area (Å²) in [5.41, 5.74) is 2.76. The van der Waals surface area contributed by atoms with Crippen LogP contribution in [-0.4, -0.2) is 13.2 Å². The Hall–Kier alpha value is -1.02. The average molecular weight is 191 g/mol. The van der Waals surface area contributed by atoms with Gasteiger partial charge in [-0.3, -0.25) is 0 Å². The van der Waals surface area contributed by atoms with Crippen LogP contribution in [0.3, 0.4) is 0 Å². The van der Waals surface area contributed by atoms with Gasteiger partial charge in [0.25, 0.3) is 0 Å². The molecule has 1 aliphatic rings. The minimum Gasteiger partial charge on any atom is -0.496 e. The van der Waals surface area contributed by atoms with E-state index in [2.05, 4.69) is 30.4 Å². The molecule has 1 aromatic carbocycles. The van der Waals surface area contributed by atoms with Crippen LogP contribution in [0.1, 0.15) is 24.5 Å². The van der Waals surface area contributed by atoms with Gasteiger partial charge in [-0.25, -0.2) is 0 Å². The Morgan fingerprint density at radius 1 is 1.43 bits per heavy atom. The molecule has 1 aromatic rings. The molecule has 0 fully saturated rings. The van der Waals surface area contributed by atoms with E-state index in [-0.39, 0.29) is 0 Å². The molecule has 0 saturated carbocycles. The topological polar surface area (TPSA) is 21.3 Å². The lowest BCUT2D eigenvalue weighted by Crippen LogP contribution is -2.23. The lowest BCUT2D eigenvalue weighted by atomic mass is 10.0. The van der Waals surface area contributed by atoms with Gasteiger partial charge in [-0.05, 0) is 37.0 Å². The molecule has 1 N–H and O–H groups in total. The van der Waals surface area contributed by atoms with Crippen molar-refractivity contribution in [3.63, 3.8) is 0 Å². The Bertz CT molecular complexity index is 322. The van der Waals surface area contributed by atoms with Crippen molar-refractivity contribution >= 4 is 0 Å². The van der Waals surface area contributed by atoms with E-state index in [0.717, 1.165) is 18.7 Å². The molecule has 0 amide bonds. The Morgan fingerprint density at radius 3 is 3.07 bits per heavy atom. The normalized spacial score (nSPS) is 21.1. The summed E-state index contributed by atoms with van der Waals surface area (Å²) < 4.78 is 5.38. The summed E-state index contributed by atoms with van der Waals surface area (Å²) in [6.07, 6.45) is 2.31. The molecule has 2 nitrogen and oxygen atoms in total. The molecule has 0 spiro atoms. The van der Waals surface area contributed by atoms with Gasteiger partial charge in [0, 0.05) is 12.6 Å². The van der Waals surface area contributed by atoms with Gasteiger partial charge in [-0.2, -0.15) is 0 Å². The highest BCUT2D eigenvalue weighted by Crippen LogP contribution is 2.26. The van der Waals surface area contributed by atoms with E-state index >= 15 is 0 Å². The Balaban J connectivity index is 2.35. The van der Waals surface area contributed by atoms with Crippen molar-refractivity contribution in [2.24, 2.45) is 0 Å². The number of hydrogen-bond donors (Lipinski definition) is 1. The Labute approximate surface area is 85.3 Å². The Kier molecular flexibility index (Phi) is 2.73. The monoisotopic (exact) mass is 191 g/mol. The summed E-state index contributed by atoms with van der Waals surface area (Å²) in [4.78, 5) is 0. The highest BCUT2D eigenvalue weighted by molar-refractivity contribution is 5.41. The van der Waals surface area contributed by atoms with Gasteiger partial charge in [-0.15, -0.1) is 0 Å². The molecule has 0 saturated heterocycles. The number of hydrogen-bond acceptors (Lipinski definition) is 2. The largest absolute Gasteiger partial charge is 0.496 e. The lowest BCUT2D eigenvalue weighted by Gasteiger charge is -2.10. The average Bonchev–Trinajstić information content (AvgIpc) is 2.41. The molecular weight excluding hydrogens is 174 g/mol. The zero-order valence-corrected chi connectivity index (χ0v) is 8.84. The van der Waals surface area contributed by atoms with Crippen LogP contribution in [0.25, 0.3) is 0 Å². The van der Waals surface area contributed by atoms with Crippen molar-refractivity contribution in [2.45, 2.75) is 32.4 Å². The quantitative estimate of drug-likeness (QED) is 0.734. The molecule has 1 unspecified atom stereocenters. The Morgan fingerprint density at radius 2 is 2.29 bits per heavy atom. The minimum absolute atomic E-state index is 0.604. The van der Waals surface area contributed by atoms with Gasteiger partial charge < -0.3 is 10.1 Å². The molecule has 2 rings (SSSR count). The highest BCUT2D eigenvalue weighted by atomic mass is 16.5. The van der Waals surface area contributed by atoms with Crippen molar-refractivity contribution < 1.29 is 4.74 Å². The summed E-state index contributed by atoms with van der Waals surface area (Å²) >= 11 is 0. The first-order valence-electron chi connectivity index (χ1n) is 5.19. The summed E-state index contributed by atoms with van der Waals surface area (Å²) in [5, 5.41) is 3.50. The first-order chi connectivity index (χ1) is 6.81. The second-order valence-electron chi connectivity index (χ2n) is 3.92. The molecule has 0 radical (unpaired) electrons. The molecule has 0 aromatic heterocycles. The molecule has 76 valence electrons. The SMILES string of the molecule is COc1cccc2c1CCC(C)NC2. The molecule has 1 aliphatic heterocycles. The van der Waals surface area contributed by atoms with Gasteiger partial charge in [-0.1, -0.05) is 12.1 Å². The van der Waals surface area contributed by atoms with E-state index in [9.17, 15) is 0 Å². The van der Waals surface area contributed by atoms with E-state index in [1.54, 1.807) is 7.11 Å². The maximum Gasteiger partial charge on any atom is 0.122 e. The summed E-state index contributed by atoms with van der Waals surface area (Å²) in [7, 11) is 1.75. The van der Waals surface area contributed by atoms with Crippen LogP contribution in [0.4, 0.5) is 0 Å². The fourth-order valence-electron chi connectivity index (χ4n) is 2.00. The van der Waals surface area contributed by atoms with Crippen molar-refractivity contribution in [2.75, 3.05) is 7.11 Å². The third kappa shape index (κ3) is 1.75. The fourth-order valence-corrected chi connectivity index (χ4v) is 2.00. The maximum absolute atomic E-state index is 5.38. The zero-order valence-electron chi connectivity index (χ0n) is 8.84. The second kappa shape index (κ2) is 4.01. The van der Waals surface area contributed by atoms with Crippen molar-refractivity contribution in [3.8, 4) is 5.75 Å². The first kappa shape index (κ1) is 9.53. The summed E-state index contributed by atoms with van der Waals surface area (Å²) in [6, 6.07) is 6.90. The molecule has 1 heterocycles. The van der Waals surface area contributed by atoms with Crippen LogP contribution in [0.15, 0.2) is 18.2 Å². The van der Waals surface area contributed by atoms with Gasteiger partial charge in [0.05, 0.1) is 7.11 Å². The van der Waals surface area contributed by atoms with E-state index < -0.39 is 0 Å². The minimum atomic E-state index is 0.604. The summed E-state index contributed by atoms with van der Waals surface area (Å²) in [5.74, 6) is 1.04. The number of ether oxygens (including phenoxy) is 1. The number of methoxy groups -OCH3 is 1. The van der Waals surface area contributed by atoms with E-state index in [1.807, 2.05) is 0 Å². The van der Waals surface area contributed by atoms with E-state index in [4.69, 9.17) is 4.74 Å². The van der Waals surface area contributed by atoms with Crippen LogP contribution < -0.4 is 10.1 Å². The van der Waals surface area contributed by atoms with Crippen LogP contribution in [0, 0.1) is 0 Å². The second-order valence-corrected chi connectivity index (χ2v) is 3.92. The summed E-state index contributed by atoms with van der Waals surface area (Å²) in [6.45, 7) is 3.20.